The van der Waals surface area contributed by atoms with Crippen LogP contribution in [0.15, 0.2) is 60.7 Å². The standard InChI is InChI=1S/C30H30O3/c1-5-19-17-21-13-9-11-15-25(21)27(23(19)7-3)29(31)33-30(32)28-24(8-4)20(6-2)18-22-14-10-12-16-26(22)28/h9-18H,5-8H2,1-4H3. The van der Waals surface area contributed by atoms with E-state index in [9.17, 15) is 9.59 Å². The number of carbonyl (C=O) groups excluding carboxylic acids is 2. The van der Waals surface area contributed by atoms with Gasteiger partial charge in [0.15, 0.2) is 0 Å². The first kappa shape index (κ1) is 22.7. The topological polar surface area (TPSA) is 43.4 Å². The quantitative estimate of drug-likeness (QED) is 0.235. The van der Waals surface area contributed by atoms with E-state index in [1.54, 1.807) is 0 Å². The lowest BCUT2D eigenvalue weighted by Crippen LogP contribution is -2.18. The van der Waals surface area contributed by atoms with E-state index in [-0.39, 0.29) is 0 Å². The molecule has 4 rings (SSSR count). The Morgan fingerprint density at radius 1 is 0.606 bits per heavy atom. The van der Waals surface area contributed by atoms with Crippen LogP contribution in [0.4, 0.5) is 0 Å². The summed E-state index contributed by atoms with van der Waals surface area (Å²) in [5.74, 6) is -1.15. The molecule has 168 valence electrons. The molecule has 0 atom stereocenters. The molecule has 0 unspecified atom stereocenters. The second-order valence-electron chi connectivity index (χ2n) is 8.31. The molecule has 0 bridgehead atoms. The van der Waals surface area contributed by atoms with E-state index in [0.29, 0.717) is 24.0 Å². The van der Waals surface area contributed by atoms with Crippen LogP contribution in [0.2, 0.25) is 0 Å². The van der Waals surface area contributed by atoms with Gasteiger partial charge >= 0.3 is 11.9 Å². The summed E-state index contributed by atoms with van der Waals surface area (Å²) in [5.41, 5.74) is 5.16. The molecule has 0 fully saturated rings. The van der Waals surface area contributed by atoms with Crippen molar-refractivity contribution in [3.05, 3.63) is 94.0 Å². The van der Waals surface area contributed by atoms with Gasteiger partial charge in [0.1, 0.15) is 0 Å². The molecule has 0 heterocycles. The van der Waals surface area contributed by atoms with Crippen LogP contribution in [0.1, 0.15) is 70.7 Å². The van der Waals surface area contributed by atoms with E-state index in [1.807, 2.05) is 62.4 Å². The summed E-state index contributed by atoms with van der Waals surface area (Å²) < 4.78 is 5.64. The number of ether oxygens (including phenoxy) is 1. The fourth-order valence-electron chi connectivity index (χ4n) is 4.99. The molecule has 0 radical (unpaired) electrons. The van der Waals surface area contributed by atoms with Gasteiger partial charge in [-0.25, -0.2) is 9.59 Å². The Labute approximate surface area is 195 Å². The van der Waals surface area contributed by atoms with Crippen molar-refractivity contribution in [1.82, 2.24) is 0 Å². The molecule has 33 heavy (non-hydrogen) atoms. The lowest BCUT2D eigenvalue weighted by atomic mass is 9.90. The van der Waals surface area contributed by atoms with Crippen molar-refractivity contribution in [2.45, 2.75) is 53.4 Å². The summed E-state index contributed by atoms with van der Waals surface area (Å²) in [4.78, 5) is 27.1. The van der Waals surface area contributed by atoms with E-state index in [4.69, 9.17) is 4.74 Å². The summed E-state index contributed by atoms with van der Waals surface area (Å²) in [7, 11) is 0. The van der Waals surface area contributed by atoms with Crippen LogP contribution in [-0.4, -0.2) is 11.9 Å². The van der Waals surface area contributed by atoms with E-state index < -0.39 is 11.9 Å². The molecule has 3 nitrogen and oxygen atoms in total. The highest BCUT2D eigenvalue weighted by Crippen LogP contribution is 2.31. The minimum absolute atomic E-state index is 0.509. The third kappa shape index (κ3) is 4.04. The van der Waals surface area contributed by atoms with E-state index in [2.05, 4.69) is 26.0 Å². The fraction of sp³-hybridized carbons (Fsp3) is 0.267. The second kappa shape index (κ2) is 9.58. The van der Waals surface area contributed by atoms with Crippen LogP contribution >= 0.6 is 0 Å². The molecule has 0 aromatic heterocycles. The summed E-state index contributed by atoms with van der Waals surface area (Å²) in [5, 5.41) is 3.62. The van der Waals surface area contributed by atoms with Crippen LogP contribution in [0.25, 0.3) is 21.5 Å². The highest BCUT2D eigenvalue weighted by Gasteiger charge is 2.25. The van der Waals surface area contributed by atoms with Crippen LogP contribution in [0, 0.1) is 0 Å². The van der Waals surface area contributed by atoms with Crippen molar-refractivity contribution in [3.63, 3.8) is 0 Å². The van der Waals surface area contributed by atoms with Crippen molar-refractivity contribution in [2.75, 3.05) is 0 Å². The Morgan fingerprint density at radius 2 is 1.00 bits per heavy atom. The zero-order valence-electron chi connectivity index (χ0n) is 19.8. The lowest BCUT2D eigenvalue weighted by Gasteiger charge is -2.17. The van der Waals surface area contributed by atoms with Gasteiger partial charge < -0.3 is 4.74 Å². The summed E-state index contributed by atoms with van der Waals surface area (Å²) >= 11 is 0. The van der Waals surface area contributed by atoms with Crippen LogP contribution in [0.3, 0.4) is 0 Å². The number of hydrogen-bond donors (Lipinski definition) is 0. The van der Waals surface area contributed by atoms with Crippen LogP contribution < -0.4 is 0 Å². The largest absolute Gasteiger partial charge is 0.386 e. The van der Waals surface area contributed by atoms with Gasteiger partial charge in [0.25, 0.3) is 0 Å². The minimum atomic E-state index is -0.573. The Hall–Kier alpha value is -3.46. The van der Waals surface area contributed by atoms with E-state index in [0.717, 1.165) is 56.6 Å². The molecule has 3 heteroatoms. The van der Waals surface area contributed by atoms with Crippen LogP contribution in [-0.2, 0) is 30.4 Å². The molecular weight excluding hydrogens is 408 g/mol. The third-order valence-corrected chi connectivity index (χ3v) is 6.56. The number of rotatable bonds is 6. The lowest BCUT2D eigenvalue weighted by molar-refractivity contribution is 0.0399. The highest BCUT2D eigenvalue weighted by atomic mass is 16.6. The first-order valence-electron chi connectivity index (χ1n) is 11.9. The monoisotopic (exact) mass is 438 g/mol. The molecule has 0 aliphatic rings. The first-order chi connectivity index (χ1) is 16.0. The second-order valence-corrected chi connectivity index (χ2v) is 8.31. The molecule has 0 N–H and O–H groups in total. The maximum absolute atomic E-state index is 13.5. The Balaban J connectivity index is 1.86. The Kier molecular flexibility index (Phi) is 6.60. The SMILES string of the molecule is CCc1cc2ccccc2c(C(=O)OC(=O)c2c(CC)c(CC)cc3ccccc23)c1CC. The average Bonchev–Trinajstić information content (AvgIpc) is 2.85. The zero-order chi connectivity index (χ0) is 23.5. The van der Waals surface area contributed by atoms with Gasteiger partial charge in [0.05, 0.1) is 11.1 Å². The Bertz CT molecular complexity index is 1260. The maximum Gasteiger partial charge on any atom is 0.346 e. The van der Waals surface area contributed by atoms with Gasteiger partial charge in [-0.15, -0.1) is 0 Å². The number of fused-ring (bicyclic) bond motifs is 2. The molecule has 0 spiro atoms. The molecule has 0 saturated heterocycles. The summed E-state index contributed by atoms with van der Waals surface area (Å²) in [6.45, 7) is 8.24. The van der Waals surface area contributed by atoms with Gasteiger partial charge in [0.2, 0.25) is 0 Å². The number of carbonyl (C=O) groups is 2. The average molecular weight is 439 g/mol. The number of hydrogen-bond acceptors (Lipinski definition) is 3. The van der Waals surface area contributed by atoms with Crippen molar-refractivity contribution in [2.24, 2.45) is 0 Å². The highest BCUT2D eigenvalue weighted by molar-refractivity contribution is 6.14. The van der Waals surface area contributed by atoms with Gasteiger partial charge in [-0.1, -0.05) is 88.4 Å². The van der Waals surface area contributed by atoms with Gasteiger partial charge in [0, 0.05) is 0 Å². The van der Waals surface area contributed by atoms with Crippen molar-refractivity contribution >= 4 is 33.5 Å². The van der Waals surface area contributed by atoms with Gasteiger partial charge in [-0.2, -0.15) is 0 Å². The van der Waals surface area contributed by atoms with E-state index >= 15 is 0 Å². The summed E-state index contributed by atoms with van der Waals surface area (Å²) in [6, 6.07) is 19.9. The Morgan fingerprint density at radius 3 is 1.36 bits per heavy atom. The predicted octanol–water partition coefficient (Wildman–Crippen LogP) is 7.24. The van der Waals surface area contributed by atoms with Crippen molar-refractivity contribution < 1.29 is 14.3 Å². The molecule has 0 saturated carbocycles. The van der Waals surface area contributed by atoms with Crippen molar-refractivity contribution in [3.8, 4) is 0 Å². The number of aryl methyl sites for hydroxylation is 2. The smallest absolute Gasteiger partial charge is 0.346 e. The molecule has 0 aliphatic heterocycles. The van der Waals surface area contributed by atoms with Crippen LogP contribution in [0.5, 0.6) is 0 Å². The summed E-state index contributed by atoms with van der Waals surface area (Å²) in [6.07, 6.45) is 3.01. The van der Waals surface area contributed by atoms with Gasteiger partial charge in [-0.3, -0.25) is 0 Å². The molecule has 4 aromatic rings. The minimum Gasteiger partial charge on any atom is -0.386 e. The van der Waals surface area contributed by atoms with Gasteiger partial charge in [-0.05, 0) is 69.5 Å². The molecule has 4 aromatic carbocycles. The van der Waals surface area contributed by atoms with E-state index in [1.165, 1.54) is 0 Å². The molecule has 0 amide bonds. The number of esters is 2. The van der Waals surface area contributed by atoms with Crippen molar-refractivity contribution in [1.29, 1.82) is 0 Å². The third-order valence-electron chi connectivity index (χ3n) is 6.56. The molecule has 0 aliphatic carbocycles. The zero-order valence-corrected chi connectivity index (χ0v) is 19.8. The number of benzene rings is 4. The normalized spacial score (nSPS) is 11.2. The first-order valence-corrected chi connectivity index (χ1v) is 11.9. The molecular formula is C30H30O3. The fourth-order valence-corrected chi connectivity index (χ4v) is 4.99. The maximum atomic E-state index is 13.5. The predicted molar refractivity (Wildman–Crippen MR) is 135 cm³/mol.